The van der Waals surface area contributed by atoms with Crippen LogP contribution in [0.15, 0.2) is 73.1 Å². The molecule has 3 rings (SSSR count). The normalized spacial score (nSPS) is 13.8. The number of hydrogen-bond acceptors (Lipinski definition) is 0. The molecule has 0 radical (unpaired) electrons. The first-order chi connectivity index (χ1) is 19.2. The van der Waals surface area contributed by atoms with Crippen LogP contribution >= 0.6 is 0 Å². The second-order valence-corrected chi connectivity index (χ2v) is 12.1. The van der Waals surface area contributed by atoms with Crippen molar-refractivity contribution < 1.29 is 4.57 Å². The maximum Gasteiger partial charge on any atom is 0.258 e. The second-order valence-electron chi connectivity index (χ2n) is 12.1. The average Bonchev–Trinajstić information content (AvgIpc) is 3.43. The molecule has 3 aromatic rings. The van der Waals surface area contributed by atoms with Crippen molar-refractivity contribution in [2.75, 3.05) is 0 Å². The van der Waals surface area contributed by atoms with Gasteiger partial charge in [-0.05, 0) is 36.8 Å². The van der Waals surface area contributed by atoms with Crippen molar-refractivity contribution in [1.29, 1.82) is 0 Å². The zero-order valence-electron chi connectivity index (χ0n) is 25.5. The summed E-state index contributed by atoms with van der Waals surface area (Å²) in [7, 11) is 0. The third kappa shape index (κ3) is 10.3. The highest BCUT2D eigenvalue weighted by Crippen LogP contribution is 2.43. The van der Waals surface area contributed by atoms with Gasteiger partial charge in [-0.15, -0.1) is 0 Å². The van der Waals surface area contributed by atoms with Gasteiger partial charge < -0.3 is 0 Å². The molecule has 0 aliphatic carbocycles. The number of rotatable bonds is 21. The smallest absolute Gasteiger partial charge is 0.247 e. The number of unbranched alkanes of at least 4 members (excludes halogenated alkanes) is 12. The molecular weight excluding hydrogens is 472 g/mol. The molecule has 0 aliphatic heterocycles. The minimum absolute atomic E-state index is 0.0118. The highest BCUT2D eigenvalue weighted by atomic mass is 15.1. The molecule has 39 heavy (non-hydrogen) atoms. The molecule has 0 spiro atoms. The van der Waals surface area contributed by atoms with Crippen LogP contribution in [0.3, 0.4) is 0 Å². The Hall–Kier alpha value is -2.35. The fourth-order valence-electron chi connectivity index (χ4n) is 6.44. The van der Waals surface area contributed by atoms with Gasteiger partial charge in [0.05, 0.1) is 12.5 Å². The molecule has 1 heterocycles. The molecule has 2 aromatic carbocycles. The summed E-state index contributed by atoms with van der Waals surface area (Å²) in [6, 6.07) is 22.5. The largest absolute Gasteiger partial charge is 0.258 e. The van der Waals surface area contributed by atoms with Gasteiger partial charge in [0, 0.05) is 5.41 Å². The highest BCUT2D eigenvalue weighted by molar-refractivity contribution is 5.32. The Morgan fingerprint density at radius 2 is 1.21 bits per heavy atom. The number of imidazole rings is 1. The molecule has 0 fully saturated rings. The predicted molar refractivity (Wildman–Crippen MR) is 168 cm³/mol. The van der Waals surface area contributed by atoms with Crippen LogP contribution < -0.4 is 4.57 Å². The number of nitrogens with zero attached hydrogens (tertiary/aromatic N) is 1. The van der Waals surface area contributed by atoms with E-state index in [0.29, 0.717) is 5.92 Å². The Morgan fingerprint density at radius 3 is 1.82 bits per heavy atom. The quantitative estimate of drug-likeness (QED) is 0.105. The Bertz CT molecular complexity index is 993. The maximum atomic E-state index is 3.76. The van der Waals surface area contributed by atoms with Crippen molar-refractivity contribution in [3.8, 4) is 0 Å². The third-order valence-electron chi connectivity index (χ3n) is 8.84. The second kappa shape index (κ2) is 18.1. The van der Waals surface area contributed by atoms with Gasteiger partial charge in [0.1, 0.15) is 12.4 Å². The molecule has 0 bridgehead atoms. The van der Waals surface area contributed by atoms with E-state index in [4.69, 9.17) is 0 Å². The lowest BCUT2D eigenvalue weighted by Gasteiger charge is -2.37. The third-order valence-corrected chi connectivity index (χ3v) is 8.84. The molecule has 214 valence electrons. The van der Waals surface area contributed by atoms with Gasteiger partial charge in [-0.3, -0.25) is 0 Å². The van der Waals surface area contributed by atoms with Gasteiger partial charge in [0.2, 0.25) is 0 Å². The van der Waals surface area contributed by atoms with Crippen LogP contribution in [0.4, 0.5) is 0 Å². The number of benzene rings is 2. The molecule has 2 atom stereocenters. The Morgan fingerprint density at radius 1 is 0.667 bits per heavy atom. The van der Waals surface area contributed by atoms with Gasteiger partial charge in [0.15, 0.2) is 0 Å². The van der Waals surface area contributed by atoms with Crippen LogP contribution in [0, 0.1) is 0 Å². The van der Waals surface area contributed by atoms with Crippen molar-refractivity contribution in [2.45, 2.75) is 141 Å². The zero-order valence-corrected chi connectivity index (χ0v) is 25.5. The number of aromatic nitrogens is 2. The number of H-pyrrole nitrogens is 1. The summed E-state index contributed by atoms with van der Waals surface area (Å²) in [5.41, 5.74) is 2.90. The van der Waals surface area contributed by atoms with Crippen LogP contribution in [0.2, 0.25) is 0 Å². The van der Waals surface area contributed by atoms with Crippen LogP contribution in [-0.2, 0) is 18.4 Å². The summed E-state index contributed by atoms with van der Waals surface area (Å²) in [6.45, 7) is 8.24. The number of hydrogen-bond donors (Lipinski definition) is 1. The molecule has 1 N–H and O–H groups in total. The molecule has 2 nitrogen and oxygen atoms in total. The minimum atomic E-state index is 0.0118. The molecule has 1 aromatic heterocycles. The first-order valence-electron chi connectivity index (χ1n) is 16.3. The molecule has 2 heteroatoms. The standard InChI is InChI=1S/C37H56N2/c1-4-6-8-10-11-12-13-14-15-22-28-35(36-38-29-31-39(36)30-23-9-7-5-2)37(3,34-26-20-17-21-27-34)32-33-24-18-16-19-25-33/h16-21,24-27,29,31,35H,4-15,22-23,28,30,32H2,1-3H3/p+1. The fourth-order valence-corrected chi connectivity index (χ4v) is 6.44. The van der Waals surface area contributed by atoms with Gasteiger partial charge in [0.25, 0.3) is 5.82 Å². The van der Waals surface area contributed by atoms with E-state index in [0.717, 1.165) is 13.0 Å². The topological polar surface area (TPSA) is 19.7 Å². The van der Waals surface area contributed by atoms with Crippen molar-refractivity contribution in [1.82, 2.24) is 4.98 Å². The maximum absolute atomic E-state index is 3.76. The van der Waals surface area contributed by atoms with E-state index in [1.54, 1.807) is 0 Å². The van der Waals surface area contributed by atoms with E-state index in [1.165, 1.54) is 113 Å². The summed E-state index contributed by atoms with van der Waals surface area (Å²) in [5.74, 6) is 1.86. The molecule has 2 unspecified atom stereocenters. The van der Waals surface area contributed by atoms with Crippen molar-refractivity contribution >= 4 is 0 Å². The first-order valence-corrected chi connectivity index (χ1v) is 16.3. The molecular formula is C37H57N2+. The van der Waals surface area contributed by atoms with Gasteiger partial charge >= 0.3 is 0 Å². The van der Waals surface area contributed by atoms with Crippen LogP contribution in [0.25, 0.3) is 0 Å². The number of aromatic amines is 1. The summed E-state index contributed by atoms with van der Waals surface area (Å²) in [5, 5.41) is 0. The summed E-state index contributed by atoms with van der Waals surface area (Å²) < 4.78 is 2.54. The Kier molecular flexibility index (Phi) is 14.5. The predicted octanol–water partition coefficient (Wildman–Crippen LogP) is 10.5. The average molecular weight is 530 g/mol. The van der Waals surface area contributed by atoms with Gasteiger partial charge in [-0.2, -0.15) is 0 Å². The van der Waals surface area contributed by atoms with Crippen LogP contribution in [-0.4, -0.2) is 4.98 Å². The molecule has 0 saturated carbocycles. The minimum Gasteiger partial charge on any atom is -0.247 e. The van der Waals surface area contributed by atoms with E-state index >= 15 is 0 Å². The number of nitrogens with one attached hydrogen (secondary N) is 1. The van der Waals surface area contributed by atoms with E-state index in [1.807, 2.05) is 0 Å². The molecule has 0 aliphatic rings. The number of aryl methyl sites for hydroxylation is 1. The van der Waals surface area contributed by atoms with E-state index in [-0.39, 0.29) is 5.41 Å². The van der Waals surface area contributed by atoms with Crippen molar-refractivity contribution in [2.24, 2.45) is 0 Å². The molecule has 0 saturated heterocycles. The van der Waals surface area contributed by atoms with Crippen LogP contribution in [0.5, 0.6) is 0 Å². The van der Waals surface area contributed by atoms with Crippen molar-refractivity contribution in [3.63, 3.8) is 0 Å². The lowest BCUT2D eigenvalue weighted by Crippen LogP contribution is -2.43. The lowest BCUT2D eigenvalue weighted by molar-refractivity contribution is -0.705. The fraction of sp³-hybridized carbons (Fsp3) is 0.595. The van der Waals surface area contributed by atoms with E-state index in [9.17, 15) is 0 Å². The SMILES string of the molecule is CCCCCCCCCCCCC(c1[nH]cc[n+]1CCCCCC)C(C)(Cc1ccccc1)c1ccccc1. The van der Waals surface area contributed by atoms with Crippen molar-refractivity contribution in [3.05, 3.63) is 90.0 Å². The monoisotopic (exact) mass is 529 g/mol. The summed E-state index contributed by atoms with van der Waals surface area (Å²) in [6.07, 6.45) is 25.8. The Labute approximate surface area is 240 Å². The van der Waals surface area contributed by atoms with Gasteiger partial charge in [-0.1, -0.05) is 158 Å². The lowest BCUT2D eigenvalue weighted by atomic mass is 9.66. The Balaban J connectivity index is 1.76. The van der Waals surface area contributed by atoms with E-state index in [2.05, 4.69) is 103 Å². The molecule has 0 amide bonds. The van der Waals surface area contributed by atoms with Gasteiger partial charge in [-0.25, -0.2) is 9.55 Å². The zero-order chi connectivity index (χ0) is 27.6. The first kappa shape index (κ1) is 31.2. The summed E-state index contributed by atoms with van der Waals surface area (Å²) >= 11 is 0. The van der Waals surface area contributed by atoms with E-state index < -0.39 is 0 Å². The highest BCUT2D eigenvalue weighted by Gasteiger charge is 2.41. The van der Waals surface area contributed by atoms with Crippen LogP contribution in [0.1, 0.15) is 140 Å². The summed E-state index contributed by atoms with van der Waals surface area (Å²) in [4.78, 5) is 3.76.